The van der Waals surface area contributed by atoms with E-state index >= 15 is 0 Å². The van der Waals surface area contributed by atoms with Gasteiger partial charge in [0.2, 0.25) is 0 Å². The van der Waals surface area contributed by atoms with Crippen molar-refractivity contribution in [2.45, 2.75) is 0 Å². The molecule has 0 fully saturated rings. The van der Waals surface area contributed by atoms with Crippen molar-refractivity contribution in [1.29, 1.82) is 0 Å². The SMILES string of the molecule is CS(=O)C/C=C/C(=O)O. The lowest BCUT2D eigenvalue weighted by atomic mass is 10.5. The molecule has 4 heteroatoms. The number of rotatable bonds is 3. The Morgan fingerprint density at radius 1 is 1.78 bits per heavy atom. The molecule has 52 valence electrons. The van der Waals surface area contributed by atoms with Crippen LogP contribution in [-0.2, 0) is 15.6 Å². The number of aliphatic carboxylic acids is 1. The molecule has 0 saturated heterocycles. The van der Waals surface area contributed by atoms with Crippen LogP contribution in [0.2, 0.25) is 0 Å². The topological polar surface area (TPSA) is 54.4 Å². The van der Waals surface area contributed by atoms with Crippen LogP contribution in [0, 0.1) is 0 Å². The molecule has 3 nitrogen and oxygen atoms in total. The third kappa shape index (κ3) is 7.36. The van der Waals surface area contributed by atoms with Gasteiger partial charge in [-0.2, -0.15) is 0 Å². The van der Waals surface area contributed by atoms with Crippen molar-refractivity contribution in [2.75, 3.05) is 12.0 Å². The standard InChI is InChI=1S/C5H8O3S/c1-9(8)4-2-3-5(6)7/h2-3H,4H2,1H3,(H,6,7)/b3-2+. The summed E-state index contributed by atoms with van der Waals surface area (Å²) in [6.45, 7) is 0. The van der Waals surface area contributed by atoms with E-state index in [1.54, 1.807) is 0 Å². The third-order valence-corrected chi connectivity index (χ3v) is 1.25. The van der Waals surface area contributed by atoms with Gasteiger partial charge in [-0.15, -0.1) is 0 Å². The Morgan fingerprint density at radius 3 is 2.67 bits per heavy atom. The smallest absolute Gasteiger partial charge is 0.328 e. The van der Waals surface area contributed by atoms with Gasteiger partial charge in [-0.3, -0.25) is 4.21 Å². The number of carbonyl (C=O) groups is 1. The Morgan fingerprint density at radius 2 is 2.33 bits per heavy atom. The van der Waals surface area contributed by atoms with Crippen LogP contribution in [-0.4, -0.2) is 27.3 Å². The normalized spacial score (nSPS) is 13.9. The molecule has 0 heterocycles. The zero-order valence-corrected chi connectivity index (χ0v) is 5.85. The largest absolute Gasteiger partial charge is 0.478 e. The molecule has 1 N–H and O–H groups in total. The number of hydrogen-bond acceptors (Lipinski definition) is 2. The minimum absolute atomic E-state index is 0.312. The van der Waals surface area contributed by atoms with Crippen LogP contribution in [0.1, 0.15) is 0 Å². The average Bonchev–Trinajstić information content (AvgIpc) is 1.63. The molecular weight excluding hydrogens is 140 g/mol. The van der Waals surface area contributed by atoms with Gasteiger partial charge in [0.25, 0.3) is 0 Å². The van der Waals surface area contributed by atoms with E-state index in [1.165, 1.54) is 12.3 Å². The maximum atomic E-state index is 10.3. The zero-order valence-electron chi connectivity index (χ0n) is 5.03. The molecule has 0 radical (unpaired) electrons. The Labute approximate surface area is 55.8 Å². The Bertz CT molecular complexity index is 150. The fraction of sp³-hybridized carbons (Fsp3) is 0.400. The molecule has 0 aromatic carbocycles. The van der Waals surface area contributed by atoms with Gasteiger partial charge in [-0.25, -0.2) is 4.79 Å². The van der Waals surface area contributed by atoms with Gasteiger partial charge in [0.1, 0.15) is 0 Å². The fourth-order valence-electron chi connectivity index (χ4n) is 0.284. The Kier molecular flexibility index (Phi) is 3.96. The van der Waals surface area contributed by atoms with Crippen LogP contribution in [0.4, 0.5) is 0 Å². The van der Waals surface area contributed by atoms with Crippen molar-refractivity contribution in [2.24, 2.45) is 0 Å². The van der Waals surface area contributed by atoms with Crippen molar-refractivity contribution in [3.63, 3.8) is 0 Å². The van der Waals surface area contributed by atoms with E-state index in [0.717, 1.165) is 6.08 Å². The van der Waals surface area contributed by atoms with Crippen LogP contribution in [0.5, 0.6) is 0 Å². The summed E-state index contributed by atoms with van der Waals surface area (Å²) in [4.78, 5) is 9.80. The van der Waals surface area contributed by atoms with E-state index in [4.69, 9.17) is 5.11 Å². The monoisotopic (exact) mass is 148 g/mol. The molecule has 0 aromatic heterocycles. The van der Waals surface area contributed by atoms with Gasteiger partial charge < -0.3 is 5.11 Å². The number of carboxylic acids is 1. The first kappa shape index (κ1) is 8.36. The summed E-state index contributed by atoms with van der Waals surface area (Å²) in [6.07, 6.45) is 3.88. The Balaban J connectivity index is 3.48. The molecule has 0 rings (SSSR count). The molecule has 0 amide bonds. The first-order chi connectivity index (χ1) is 4.13. The highest BCUT2D eigenvalue weighted by atomic mass is 32.2. The molecule has 0 aliphatic rings. The Hall–Kier alpha value is -0.640. The third-order valence-electron chi connectivity index (χ3n) is 0.591. The molecule has 0 spiro atoms. The molecule has 1 unspecified atom stereocenters. The van der Waals surface area contributed by atoms with E-state index in [0.29, 0.717) is 5.75 Å². The minimum atomic E-state index is -1.000. The summed E-state index contributed by atoms with van der Waals surface area (Å²) >= 11 is 0. The van der Waals surface area contributed by atoms with Crippen LogP contribution in [0.25, 0.3) is 0 Å². The minimum Gasteiger partial charge on any atom is -0.478 e. The van der Waals surface area contributed by atoms with Crippen molar-refractivity contribution in [3.8, 4) is 0 Å². The second-order valence-corrected chi connectivity index (χ2v) is 2.96. The van der Waals surface area contributed by atoms with Gasteiger partial charge in [-0.05, 0) is 0 Å². The summed E-state index contributed by atoms with van der Waals surface area (Å²) in [5, 5.41) is 8.04. The summed E-state index contributed by atoms with van der Waals surface area (Å²) in [5.41, 5.74) is 0. The van der Waals surface area contributed by atoms with Crippen LogP contribution >= 0.6 is 0 Å². The van der Waals surface area contributed by atoms with E-state index in [1.807, 2.05) is 0 Å². The van der Waals surface area contributed by atoms with Gasteiger partial charge in [0, 0.05) is 28.9 Å². The second kappa shape index (κ2) is 4.26. The highest BCUT2D eigenvalue weighted by Crippen LogP contribution is 1.77. The van der Waals surface area contributed by atoms with E-state index < -0.39 is 16.8 Å². The van der Waals surface area contributed by atoms with Crippen molar-refractivity contribution < 1.29 is 14.1 Å². The van der Waals surface area contributed by atoms with E-state index in [-0.39, 0.29) is 0 Å². The van der Waals surface area contributed by atoms with Crippen molar-refractivity contribution in [1.82, 2.24) is 0 Å². The molecular formula is C5H8O3S. The predicted molar refractivity (Wildman–Crippen MR) is 35.7 cm³/mol. The average molecular weight is 148 g/mol. The van der Waals surface area contributed by atoms with Crippen LogP contribution < -0.4 is 0 Å². The van der Waals surface area contributed by atoms with E-state index in [2.05, 4.69) is 0 Å². The van der Waals surface area contributed by atoms with Gasteiger partial charge in [-0.1, -0.05) is 6.08 Å². The molecule has 9 heavy (non-hydrogen) atoms. The quantitative estimate of drug-likeness (QED) is 0.573. The lowest BCUT2D eigenvalue weighted by Crippen LogP contribution is -1.92. The maximum Gasteiger partial charge on any atom is 0.328 e. The second-order valence-electron chi connectivity index (χ2n) is 1.48. The first-order valence-corrected chi connectivity index (χ1v) is 4.05. The molecule has 0 aliphatic carbocycles. The van der Waals surface area contributed by atoms with Gasteiger partial charge in [0.05, 0.1) is 0 Å². The number of carboxylic acid groups (broad SMARTS) is 1. The van der Waals surface area contributed by atoms with Crippen molar-refractivity contribution in [3.05, 3.63) is 12.2 Å². The summed E-state index contributed by atoms with van der Waals surface area (Å²) in [5.74, 6) is -0.688. The summed E-state index contributed by atoms with van der Waals surface area (Å²) in [6, 6.07) is 0. The molecule has 0 aliphatic heterocycles. The van der Waals surface area contributed by atoms with Crippen LogP contribution in [0.15, 0.2) is 12.2 Å². The first-order valence-electron chi connectivity index (χ1n) is 2.32. The fourth-order valence-corrected chi connectivity index (χ4v) is 0.652. The summed E-state index contributed by atoms with van der Waals surface area (Å²) < 4.78 is 10.3. The van der Waals surface area contributed by atoms with Crippen molar-refractivity contribution >= 4 is 16.8 Å². The van der Waals surface area contributed by atoms with Crippen LogP contribution in [0.3, 0.4) is 0 Å². The summed E-state index contributed by atoms with van der Waals surface area (Å²) in [7, 11) is -0.932. The van der Waals surface area contributed by atoms with Gasteiger partial charge >= 0.3 is 5.97 Å². The molecule has 0 saturated carbocycles. The molecule has 0 aromatic rings. The molecule has 0 bridgehead atoms. The highest BCUT2D eigenvalue weighted by Gasteiger charge is 1.86. The van der Waals surface area contributed by atoms with Gasteiger partial charge in [0.15, 0.2) is 0 Å². The number of hydrogen-bond donors (Lipinski definition) is 1. The lowest BCUT2D eigenvalue weighted by Gasteiger charge is -1.82. The lowest BCUT2D eigenvalue weighted by molar-refractivity contribution is -0.131. The van der Waals surface area contributed by atoms with E-state index in [9.17, 15) is 9.00 Å². The zero-order chi connectivity index (χ0) is 7.28. The molecule has 1 atom stereocenters. The highest BCUT2D eigenvalue weighted by molar-refractivity contribution is 7.84. The predicted octanol–water partition coefficient (Wildman–Crippen LogP) is 0.00570. The maximum absolute atomic E-state index is 10.3.